The van der Waals surface area contributed by atoms with Crippen LogP contribution in [-0.2, 0) is 49.6 Å². The van der Waals surface area contributed by atoms with Crippen LogP contribution in [0.3, 0.4) is 0 Å². The van der Waals surface area contributed by atoms with Crippen molar-refractivity contribution in [3.8, 4) is 0 Å². The van der Waals surface area contributed by atoms with Crippen LogP contribution in [0.25, 0.3) is 0 Å². The van der Waals surface area contributed by atoms with Gasteiger partial charge in [0, 0.05) is 19.6 Å². The van der Waals surface area contributed by atoms with Gasteiger partial charge in [-0.05, 0) is 70.8 Å². The van der Waals surface area contributed by atoms with Crippen molar-refractivity contribution in [2.24, 2.45) is 17.8 Å². The average Bonchev–Trinajstić information content (AvgIpc) is 3.55. The van der Waals surface area contributed by atoms with Gasteiger partial charge in [-0.3, -0.25) is 28.8 Å². The number of ether oxygens (including phenoxy) is 3. The minimum absolute atomic E-state index is 0.0120. The first-order valence-corrected chi connectivity index (χ1v) is 24.3. The van der Waals surface area contributed by atoms with E-state index in [2.05, 4.69) is 38.8 Å². The number of carbonyl (C=O) groups is 7. The number of esters is 1. The summed E-state index contributed by atoms with van der Waals surface area (Å²) >= 11 is 0. The highest BCUT2D eigenvalue weighted by Gasteiger charge is 2.39. The molecule has 1 saturated heterocycles. The van der Waals surface area contributed by atoms with Gasteiger partial charge >= 0.3 is 12.1 Å². The Labute approximate surface area is 393 Å². The fourth-order valence-corrected chi connectivity index (χ4v) is 8.28. The van der Waals surface area contributed by atoms with Gasteiger partial charge in [-0.1, -0.05) is 109 Å². The van der Waals surface area contributed by atoms with E-state index in [1.54, 1.807) is 41.7 Å². The fourth-order valence-electron chi connectivity index (χ4n) is 8.28. The molecule has 1 aromatic carbocycles. The second kappa shape index (κ2) is 28.4. The highest BCUT2D eigenvalue weighted by molar-refractivity contribution is 5.96. The SMILES string of the molecule is CCCCCC[C@H]1OC[C@@H](C)NC(=O)[C@H](CNCC(=O)OCc2ccccc2)NC(=O)[C@H](CNC(=O)OC(C)(C)C)NC(=O)[C@H](C2CCCCCC2)NC(=O)[C@H](CC(C)C)N(C)C(=O)[C@@H]1C. The molecule has 7 atom stereocenters. The van der Waals surface area contributed by atoms with Crippen LogP contribution in [0, 0.1) is 17.8 Å². The fraction of sp³-hybridized carbons (Fsp3) is 0.735. The maximum Gasteiger partial charge on any atom is 0.407 e. The van der Waals surface area contributed by atoms with E-state index in [4.69, 9.17) is 14.2 Å². The Bertz CT molecular complexity index is 1700. The Morgan fingerprint density at radius 2 is 1.47 bits per heavy atom. The molecule has 6 N–H and O–H groups in total. The van der Waals surface area contributed by atoms with Crippen LogP contribution in [0.15, 0.2) is 30.3 Å². The van der Waals surface area contributed by atoms with E-state index < -0.39 is 90.1 Å². The Hall–Kier alpha value is -4.77. The Morgan fingerprint density at radius 3 is 2.11 bits per heavy atom. The summed E-state index contributed by atoms with van der Waals surface area (Å²) in [5.41, 5.74) is -0.0705. The summed E-state index contributed by atoms with van der Waals surface area (Å²) in [4.78, 5) is 99.3. The van der Waals surface area contributed by atoms with E-state index in [0.29, 0.717) is 25.7 Å². The lowest BCUT2D eigenvalue weighted by atomic mass is 9.90. The zero-order valence-electron chi connectivity index (χ0n) is 41.1. The molecule has 1 saturated carbocycles. The van der Waals surface area contributed by atoms with Crippen LogP contribution < -0.4 is 31.9 Å². The normalized spacial score (nSPS) is 25.0. The van der Waals surface area contributed by atoms with Crippen molar-refractivity contribution >= 4 is 41.6 Å². The third kappa shape index (κ3) is 20.0. The number of benzene rings is 1. The van der Waals surface area contributed by atoms with E-state index in [1.807, 2.05) is 44.2 Å². The summed E-state index contributed by atoms with van der Waals surface area (Å²) < 4.78 is 17.3. The Balaban J connectivity index is 2.06. The predicted octanol–water partition coefficient (Wildman–Crippen LogP) is 4.65. The topological polar surface area (TPSA) is 223 Å². The lowest BCUT2D eigenvalue weighted by Crippen LogP contribution is -2.63. The Morgan fingerprint density at radius 1 is 0.833 bits per heavy atom. The number of rotatable bonds is 16. The lowest BCUT2D eigenvalue weighted by Gasteiger charge is -2.35. The van der Waals surface area contributed by atoms with Gasteiger partial charge in [-0.2, -0.15) is 0 Å². The monoisotopic (exact) mass is 928 g/mol. The van der Waals surface area contributed by atoms with Crippen molar-refractivity contribution < 1.29 is 47.8 Å². The quantitative estimate of drug-likeness (QED) is 0.0761. The Kier molecular flexibility index (Phi) is 23.9. The first-order valence-electron chi connectivity index (χ1n) is 24.3. The molecule has 1 aliphatic heterocycles. The van der Waals surface area contributed by atoms with Gasteiger partial charge in [0.05, 0.1) is 31.7 Å². The van der Waals surface area contributed by atoms with Gasteiger partial charge in [-0.25, -0.2) is 4.79 Å². The van der Waals surface area contributed by atoms with Crippen LogP contribution in [0.1, 0.15) is 138 Å². The molecule has 1 aliphatic carbocycles. The van der Waals surface area contributed by atoms with Gasteiger partial charge in [0.1, 0.15) is 36.4 Å². The zero-order chi connectivity index (χ0) is 48.8. The number of nitrogens with one attached hydrogen (secondary N) is 6. The number of hydrogen-bond acceptors (Lipinski definition) is 11. The van der Waals surface area contributed by atoms with Crippen molar-refractivity contribution in [1.29, 1.82) is 0 Å². The van der Waals surface area contributed by atoms with Gasteiger partial charge in [0.25, 0.3) is 0 Å². The number of nitrogens with zero attached hydrogens (tertiary/aromatic N) is 1. The van der Waals surface area contributed by atoms with Crippen molar-refractivity contribution in [3.63, 3.8) is 0 Å². The van der Waals surface area contributed by atoms with Gasteiger partial charge < -0.3 is 51.0 Å². The van der Waals surface area contributed by atoms with Gasteiger partial charge in [-0.15, -0.1) is 0 Å². The van der Waals surface area contributed by atoms with Crippen LogP contribution in [0.5, 0.6) is 0 Å². The molecule has 0 unspecified atom stereocenters. The van der Waals surface area contributed by atoms with E-state index >= 15 is 0 Å². The highest BCUT2D eigenvalue weighted by atomic mass is 16.6. The largest absolute Gasteiger partial charge is 0.460 e. The molecule has 66 heavy (non-hydrogen) atoms. The zero-order valence-corrected chi connectivity index (χ0v) is 41.1. The summed E-state index contributed by atoms with van der Waals surface area (Å²) in [6.07, 6.45) is 8.24. The molecule has 3 rings (SSSR count). The minimum Gasteiger partial charge on any atom is -0.460 e. The molecule has 1 aromatic rings. The average molecular weight is 928 g/mol. The van der Waals surface area contributed by atoms with Crippen LogP contribution in [-0.4, -0.2) is 122 Å². The summed E-state index contributed by atoms with van der Waals surface area (Å²) in [6.45, 7) is 13.8. The third-order valence-electron chi connectivity index (χ3n) is 12.0. The molecule has 17 heteroatoms. The number of hydrogen-bond donors (Lipinski definition) is 6. The van der Waals surface area contributed by atoms with Crippen molar-refractivity contribution in [2.75, 3.05) is 33.3 Å². The summed E-state index contributed by atoms with van der Waals surface area (Å²) in [6, 6.07) is 3.81. The summed E-state index contributed by atoms with van der Waals surface area (Å²) in [5.74, 6) is -4.37. The molecule has 6 amide bonds. The number of likely N-dealkylation sites (N-methyl/N-ethyl adjacent to an activating group) is 1. The van der Waals surface area contributed by atoms with Crippen LogP contribution >= 0.6 is 0 Å². The maximum absolute atomic E-state index is 14.7. The molecule has 2 aliphatic rings. The first-order chi connectivity index (χ1) is 31.3. The van der Waals surface area contributed by atoms with E-state index in [1.165, 1.54) is 4.90 Å². The number of alkyl carbamates (subject to hydrolysis) is 1. The lowest BCUT2D eigenvalue weighted by molar-refractivity contribution is -0.147. The molecular weight excluding hydrogens is 847 g/mol. The molecule has 0 radical (unpaired) electrons. The number of carbonyl (C=O) groups excluding carboxylic acids is 7. The van der Waals surface area contributed by atoms with Crippen LogP contribution in [0.2, 0.25) is 0 Å². The maximum atomic E-state index is 14.7. The first kappa shape index (κ1) is 55.6. The molecule has 2 fully saturated rings. The van der Waals surface area contributed by atoms with Gasteiger partial charge in [0.15, 0.2) is 0 Å². The van der Waals surface area contributed by atoms with Crippen molar-refractivity contribution in [2.45, 2.75) is 181 Å². The standard InChI is InChI=1S/C49H81N7O10/c1-10-11-12-20-25-40-34(5)47(62)56(9)39(26-32(2)3)45(60)55-42(36-23-18-13-14-19-24-36)46(61)54-38(28-51-48(63)66-49(6,7)8)44(59)53-37(43(58)52-33(4)30-64-40)27-50-29-41(57)65-31-35-21-16-15-17-22-35/h15-17,21-22,32-34,36-40,42,50H,10-14,18-20,23-31H2,1-9H3,(H,51,63)(H,52,58)(H,53,59)(H,54,61)(H,55,60)/t33-,34-,37+,38+,39+,40-,42+/m1/s1. The molecule has 0 aromatic heterocycles. The van der Waals surface area contributed by atoms with E-state index in [9.17, 15) is 33.6 Å². The highest BCUT2D eigenvalue weighted by Crippen LogP contribution is 2.27. The second-order valence-electron chi connectivity index (χ2n) is 19.5. The van der Waals surface area contributed by atoms with Crippen LogP contribution in [0.4, 0.5) is 4.79 Å². The molecule has 17 nitrogen and oxygen atoms in total. The van der Waals surface area contributed by atoms with Crippen molar-refractivity contribution in [3.05, 3.63) is 35.9 Å². The molecule has 0 bridgehead atoms. The second-order valence-corrected chi connectivity index (χ2v) is 19.5. The smallest absolute Gasteiger partial charge is 0.407 e. The molecule has 372 valence electrons. The molecule has 1 heterocycles. The molecular formula is C49H81N7O10. The third-order valence-corrected chi connectivity index (χ3v) is 12.0. The van der Waals surface area contributed by atoms with E-state index in [0.717, 1.165) is 56.9 Å². The predicted molar refractivity (Wildman–Crippen MR) is 252 cm³/mol. The van der Waals surface area contributed by atoms with Gasteiger partial charge in [0.2, 0.25) is 29.5 Å². The minimum atomic E-state index is -1.45. The van der Waals surface area contributed by atoms with E-state index in [-0.39, 0.29) is 44.0 Å². The summed E-state index contributed by atoms with van der Waals surface area (Å²) in [7, 11) is 1.62. The number of unbranched alkanes of at least 4 members (excludes halogenated alkanes) is 3. The molecule has 0 spiro atoms. The van der Waals surface area contributed by atoms with Crippen molar-refractivity contribution in [1.82, 2.24) is 36.8 Å². The summed E-state index contributed by atoms with van der Waals surface area (Å²) in [5, 5.41) is 17.0. The number of amides is 6.